The van der Waals surface area contributed by atoms with E-state index in [1.165, 1.54) is 22.0 Å². The van der Waals surface area contributed by atoms with Gasteiger partial charge in [-0.2, -0.15) is 0 Å². The summed E-state index contributed by atoms with van der Waals surface area (Å²) in [5, 5.41) is 1.47. The topological polar surface area (TPSA) is 21.1 Å². The zero-order chi connectivity index (χ0) is 17.4. The van der Waals surface area contributed by atoms with Gasteiger partial charge in [-0.3, -0.25) is 4.98 Å². The van der Waals surface area contributed by atoms with Crippen molar-refractivity contribution in [3.63, 3.8) is 0 Å². The van der Waals surface area contributed by atoms with Gasteiger partial charge in [-0.25, -0.2) is 0 Å². The molecule has 0 bridgehead atoms. The van der Waals surface area contributed by atoms with E-state index in [9.17, 15) is 0 Å². The van der Waals surface area contributed by atoms with Gasteiger partial charge in [0.25, 0.3) is 0 Å². The Bertz CT molecular complexity index is 879. The fourth-order valence-electron chi connectivity index (χ4n) is 4.15. The van der Waals surface area contributed by atoms with Gasteiger partial charge in [0.05, 0.1) is 0 Å². The van der Waals surface area contributed by atoms with E-state index in [2.05, 4.69) is 65.7 Å². The van der Waals surface area contributed by atoms with Crippen molar-refractivity contribution in [2.24, 2.45) is 0 Å². The first-order chi connectivity index (χ1) is 12.1. The van der Waals surface area contributed by atoms with Gasteiger partial charge in [0.2, 0.25) is 0 Å². The molecule has 0 aliphatic carbocycles. The third-order valence-electron chi connectivity index (χ3n) is 5.65. The van der Waals surface area contributed by atoms with E-state index >= 15 is 0 Å². The van der Waals surface area contributed by atoms with Gasteiger partial charge < -0.3 is 9.47 Å². The smallest absolute Gasteiger partial charge is 0.0485 e. The molecule has 1 unspecified atom stereocenters. The van der Waals surface area contributed by atoms with E-state index in [-0.39, 0.29) is 0 Å². The number of fused-ring (bicyclic) bond motifs is 3. The molecule has 3 heterocycles. The Balaban J connectivity index is 1.80. The van der Waals surface area contributed by atoms with Crippen molar-refractivity contribution in [3.8, 4) is 0 Å². The summed E-state index contributed by atoms with van der Waals surface area (Å²) in [5.41, 5.74) is 7.24. The molecule has 25 heavy (non-hydrogen) atoms. The molecule has 2 aromatic heterocycles. The second-order valence-corrected chi connectivity index (χ2v) is 7.54. The lowest BCUT2D eigenvalue weighted by molar-refractivity contribution is 0.350. The zero-order valence-corrected chi connectivity index (χ0v) is 15.5. The highest BCUT2D eigenvalue weighted by atomic mass is 15.1. The predicted molar refractivity (Wildman–Crippen MR) is 104 cm³/mol. The fraction of sp³-hybridized carbons (Fsp3) is 0.409. The predicted octanol–water partition coefficient (Wildman–Crippen LogP) is 4.18. The van der Waals surface area contributed by atoms with Crippen molar-refractivity contribution in [1.82, 2.24) is 14.5 Å². The molecule has 4 rings (SSSR count). The lowest BCUT2D eigenvalue weighted by Crippen LogP contribution is -2.21. The summed E-state index contributed by atoms with van der Waals surface area (Å²) in [6.07, 6.45) is 6.10. The van der Waals surface area contributed by atoms with Crippen molar-refractivity contribution in [1.29, 1.82) is 0 Å². The maximum Gasteiger partial charge on any atom is 0.0485 e. The molecule has 0 fully saturated rings. The number of nitrogens with zero attached hydrogens (tertiary/aromatic N) is 3. The minimum atomic E-state index is 0.477. The molecule has 0 saturated heterocycles. The molecule has 130 valence electrons. The molecular formula is C22H27N3. The number of likely N-dealkylation sites (N-methyl/N-ethyl adjacent to an activating group) is 1. The first-order valence-electron chi connectivity index (χ1n) is 9.32. The van der Waals surface area contributed by atoms with Crippen LogP contribution < -0.4 is 0 Å². The van der Waals surface area contributed by atoms with Crippen LogP contribution in [0.3, 0.4) is 0 Å². The highest BCUT2D eigenvalue weighted by Crippen LogP contribution is 2.32. The fourth-order valence-corrected chi connectivity index (χ4v) is 4.15. The summed E-state index contributed by atoms with van der Waals surface area (Å²) in [6, 6.07) is 11.2. The van der Waals surface area contributed by atoms with Crippen LogP contribution in [0.2, 0.25) is 0 Å². The van der Waals surface area contributed by atoms with Crippen molar-refractivity contribution < 1.29 is 0 Å². The third-order valence-corrected chi connectivity index (χ3v) is 5.65. The highest BCUT2D eigenvalue weighted by Gasteiger charge is 2.21. The number of hydrogen-bond donors (Lipinski definition) is 0. The molecular weight excluding hydrogens is 306 g/mol. The summed E-state index contributed by atoms with van der Waals surface area (Å²) in [5.74, 6) is 0.477. The molecule has 0 radical (unpaired) electrons. The van der Waals surface area contributed by atoms with E-state index in [0.717, 1.165) is 32.5 Å². The Morgan fingerprint density at radius 1 is 1.08 bits per heavy atom. The molecule has 1 atom stereocenters. The molecule has 1 aliphatic heterocycles. The van der Waals surface area contributed by atoms with Gasteiger partial charge in [-0.15, -0.1) is 0 Å². The molecule has 3 nitrogen and oxygen atoms in total. The van der Waals surface area contributed by atoms with Gasteiger partial charge in [0.1, 0.15) is 0 Å². The normalized spacial score (nSPS) is 16.6. The Hall–Kier alpha value is -2.13. The largest absolute Gasteiger partial charge is 0.344 e. The van der Waals surface area contributed by atoms with Gasteiger partial charge in [0.15, 0.2) is 0 Å². The SMILES string of the molecule is Cc1ccc2c(c1)c1c(n2CC(C)c2ccncc2)CCN(C)CC1. The Morgan fingerprint density at radius 3 is 2.64 bits per heavy atom. The Morgan fingerprint density at radius 2 is 1.84 bits per heavy atom. The van der Waals surface area contributed by atoms with Crippen molar-refractivity contribution in [2.75, 3.05) is 20.1 Å². The summed E-state index contributed by atoms with van der Waals surface area (Å²) in [4.78, 5) is 6.62. The molecule has 0 spiro atoms. The second kappa shape index (κ2) is 6.64. The van der Waals surface area contributed by atoms with Crippen LogP contribution >= 0.6 is 0 Å². The van der Waals surface area contributed by atoms with Crippen molar-refractivity contribution in [3.05, 3.63) is 65.1 Å². The van der Waals surface area contributed by atoms with Crippen LogP contribution in [0.15, 0.2) is 42.7 Å². The summed E-state index contributed by atoms with van der Waals surface area (Å²) >= 11 is 0. The highest BCUT2D eigenvalue weighted by molar-refractivity contribution is 5.86. The summed E-state index contributed by atoms with van der Waals surface area (Å²) < 4.78 is 2.59. The monoisotopic (exact) mass is 333 g/mol. The van der Waals surface area contributed by atoms with Crippen molar-refractivity contribution in [2.45, 2.75) is 39.2 Å². The van der Waals surface area contributed by atoms with Crippen LogP contribution in [0.4, 0.5) is 0 Å². The van der Waals surface area contributed by atoms with Crippen LogP contribution in [-0.2, 0) is 19.4 Å². The molecule has 0 N–H and O–H groups in total. The van der Waals surface area contributed by atoms with E-state index in [1.807, 2.05) is 12.4 Å². The lowest BCUT2D eigenvalue weighted by Gasteiger charge is -2.18. The second-order valence-electron chi connectivity index (χ2n) is 7.54. The third kappa shape index (κ3) is 3.09. The maximum absolute atomic E-state index is 4.16. The van der Waals surface area contributed by atoms with E-state index in [0.29, 0.717) is 5.92 Å². The number of aromatic nitrogens is 2. The quantitative estimate of drug-likeness (QED) is 0.717. The van der Waals surface area contributed by atoms with Crippen LogP contribution in [0.1, 0.15) is 35.2 Å². The number of pyridine rings is 1. The summed E-state index contributed by atoms with van der Waals surface area (Å²) in [6.45, 7) is 7.85. The maximum atomic E-state index is 4.16. The van der Waals surface area contributed by atoms with Crippen LogP contribution in [0.5, 0.6) is 0 Å². The standard InChI is InChI=1S/C22H27N3/c1-16-4-5-21-20(14-16)19-8-12-24(3)13-9-22(19)25(21)15-17(2)18-6-10-23-11-7-18/h4-7,10-11,14,17H,8-9,12-13,15H2,1-3H3. The molecule has 0 saturated carbocycles. The van der Waals surface area contributed by atoms with E-state index in [1.54, 1.807) is 11.3 Å². The zero-order valence-electron chi connectivity index (χ0n) is 15.5. The molecule has 3 aromatic rings. The number of benzene rings is 1. The number of rotatable bonds is 3. The van der Waals surface area contributed by atoms with Crippen LogP contribution in [0.25, 0.3) is 10.9 Å². The molecule has 1 aliphatic rings. The molecule has 0 amide bonds. The van der Waals surface area contributed by atoms with Gasteiger partial charge in [-0.1, -0.05) is 18.6 Å². The summed E-state index contributed by atoms with van der Waals surface area (Å²) in [7, 11) is 2.24. The number of aryl methyl sites for hydroxylation is 1. The first-order valence-corrected chi connectivity index (χ1v) is 9.32. The Kier molecular flexibility index (Phi) is 4.34. The number of hydrogen-bond acceptors (Lipinski definition) is 2. The average Bonchev–Trinajstić information content (AvgIpc) is 2.76. The van der Waals surface area contributed by atoms with Gasteiger partial charge in [-0.05, 0) is 61.7 Å². The van der Waals surface area contributed by atoms with E-state index < -0.39 is 0 Å². The van der Waals surface area contributed by atoms with Crippen LogP contribution in [-0.4, -0.2) is 34.6 Å². The molecule has 1 aromatic carbocycles. The lowest BCUT2D eigenvalue weighted by atomic mass is 10.0. The minimum Gasteiger partial charge on any atom is -0.344 e. The van der Waals surface area contributed by atoms with E-state index in [4.69, 9.17) is 0 Å². The van der Waals surface area contributed by atoms with Crippen molar-refractivity contribution >= 4 is 10.9 Å². The van der Waals surface area contributed by atoms with Gasteiger partial charge >= 0.3 is 0 Å². The molecule has 3 heteroatoms. The minimum absolute atomic E-state index is 0.477. The Labute approximate surface area is 150 Å². The first kappa shape index (κ1) is 16.3. The van der Waals surface area contributed by atoms with Crippen LogP contribution in [0, 0.1) is 6.92 Å². The average molecular weight is 333 g/mol. The van der Waals surface area contributed by atoms with Gasteiger partial charge in [0, 0.05) is 55.0 Å².